The van der Waals surface area contributed by atoms with Gasteiger partial charge in [0.1, 0.15) is 11.5 Å². The first kappa shape index (κ1) is 28.2. The lowest BCUT2D eigenvalue weighted by Gasteiger charge is -2.22. The highest BCUT2D eigenvalue weighted by molar-refractivity contribution is 7.90. The molecule has 1 aliphatic heterocycles. The fourth-order valence-corrected chi connectivity index (χ4v) is 5.69. The summed E-state index contributed by atoms with van der Waals surface area (Å²) in [5.41, 5.74) is 3.22. The highest BCUT2D eigenvalue weighted by Gasteiger charge is 2.18. The van der Waals surface area contributed by atoms with E-state index in [0.717, 1.165) is 18.2 Å². The molecular formula is C30H28N4O5S2. The average molecular weight is 589 g/mol. The highest BCUT2D eigenvalue weighted by atomic mass is 32.2. The number of carbonyl (C=O) groups is 2. The van der Waals surface area contributed by atoms with E-state index >= 15 is 0 Å². The Morgan fingerprint density at radius 2 is 1.88 bits per heavy atom. The van der Waals surface area contributed by atoms with E-state index < -0.39 is 15.7 Å². The van der Waals surface area contributed by atoms with Crippen molar-refractivity contribution in [1.29, 1.82) is 0 Å². The molecule has 11 heteroatoms. The maximum atomic E-state index is 13.4. The van der Waals surface area contributed by atoms with Crippen molar-refractivity contribution in [3.8, 4) is 22.8 Å². The topological polar surface area (TPSA) is 119 Å². The fourth-order valence-electron chi connectivity index (χ4n) is 4.35. The molecule has 9 nitrogen and oxygen atoms in total. The van der Waals surface area contributed by atoms with Crippen LogP contribution in [0.1, 0.15) is 28.0 Å². The Kier molecular flexibility index (Phi) is 8.27. The molecule has 0 spiro atoms. The molecular weight excluding hydrogens is 560 g/mol. The summed E-state index contributed by atoms with van der Waals surface area (Å²) < 4.78 is 29.7. The van der Waals surface area contributed by atoms with Crippen molar-refractivity contribution in [2.75, 3.05) is 24.7 Å². The molecule has 0 unspecified atom stereocenters. The van der Waals surface area contributed by atoms with E-state index in [1.807, 2.05) is 25.1 Å². The molecule has 1 aliphatic rings. The van der Waals surface area contributed by atoms with Crippen LogP contribution in [-0.4, -0.2) is 54.4 Å². The molecule has 2 aromatic heterocycles. The van der Waals surface area contributed by atoms with Gasteiger partial charge in [0, 0.05) is 42.0 Å². The normalized spacial score (nSPS) is 13.2. The molecule has 0 atom stereocenters. The van der Waals surface area contributed by atoms with Crippen LogP contribution >= 0.6 is 11.3 Å². The van der Waals surface area contributed by atoms with Gasteiger partial charge in [-0.1, -0.05) is 18.2 Å². The van der Waals surface area contributed by atoms with Crippen LogP contribution in [0.5, 0.6) is 11.5 Å². The number of rotatable bonds is 8. The van der Waals surface area contributed by atoms with Crippen LogP contribution in [0, 0.1) is 6.92 Å². The predicted molar refractivity (Wildman–Crippen MR) is 158 cm³/mol. The monoisotopic (exact) mass is 588 g/mol. The summed E-state index contributed by atoms with van der Waals surface area (Å²) in [6, 6.07) is 14.9. The van der Waals surface area contributed by atoms with Gasteiger partial charge in [0.15, 0.2) is 15.0 Å². The second-order valence-electron chi connectivity index (χ2n) is 9.64. The third-order valence-corrected chi connectivity index (χ3v) is 8.39. The van der Waals surface area contributed by atoms with Crippen molar-refractivity contribution in [3.63, 3.8) is 0 Å². The average Bonchev–Trinajstić information content (AvgIpc) is 3.39. The van der Waals surface area contributed by atoms with Crippen molar-refractivity contribution >= 4 is 38.1 Å². The van der Waals surface area contributed by atoms with E-state index in [1.165, 1.54) is 23.5 Å². The van der Waals surface area contributed by atoms with Crippen LogP contribution in [0.2, 0.25) is 0 Å². The molecule has 3 heterocycles. The largest absolute Gasteiger partial charge is 0.457 e. The Bertz CT molecular complexity index is 1730. The minimum absolute atomic E-state index is 0.00215. The number of carbonyl (C=O) groups excluding carboxylic acids is 2. The number of sulfone groups is 1. The molecule has 0 radical (unpaired) electrons. The van der Waals surface area contributed by atoms with Crippen molar-refractivity contribution in [3.05, 3.63) is 95.1 Å². The second-order valence-corrected chi connectivity index (χ2v) is 12.5. The van der Waals surface area contributed by atoms with E-state index in [4.69, 9.17) is 4.74 Å². The minimum atomic E-state index is -3.34. The van der Waals surface area contributed by atoms with Gasteiger partial charge in [-0.25, -0.2) is 13.4 Å². The van der Waals surface area contributed by atoms with Gasteiger partial charge in [0.2, 0.25) is 5.91 Å². The number of nitrogens with zero attached hydrogens (tertiary/aromatic N) is 3. The van der Waals surface area contributed by atoms with Gasteiger partial charge in [0.05, 0.1) is 22.7 Å². The molecule has 0 aliphatic carbocycles. The summed E-state index contributed by atoms with van der Waals surface area (Å²) in [5.74, 6) is 0.399. The van der Waals surface area contributed by atoms with E-state index in [9.17, 15) is 18.0 Å². The molecule has 5 rings (SSSR count). The molecule has 0 saturated carbocycles. The number of thiazole rings is 1. The van der Waals surface area contributed by atoms with Gasteiger partial charge in [-0.05, 0) is 67.4 Å². The smallest absolute Gasteiger partial charge is 0.257 e. The quantitative estimate of drug-likeness (QED) is 0.278. The number of anilines is 1. The number of aryl methyl sites for hydroxylation is 1. The van der Waals surface area contributed by atoms with Crippen molar-refractivity contribution in [2.45, 2.75) is 24.7 Å². The Hall–Kier alpha value is -4.35. The molecule has 0 fully saturated rings. The van der Waals surface area contributed by atoms with Crippen LogP contribution < -0.4 is 10.1 Å². The maximum Gasteiger partial charge on any atom is 0.257 e. The maximum absolute atomic E-state index is 13.4. The van der Waals surface area contributed by atoms with E-state index in [0.29, 0.717) is 52.2 Å². The van der Waals surface area contributed by atoms with Gasteiger partial charge in [-0.2, -0.15) is 0 Å². The van der Waals surface area contributed by atoms with Gasteiger partial charge in [-0.15, -0.1) is 11.3 Å². The summed E-state index contributed by atoms with van der Waals surface area (Å²) >= 11 is 1.25. The van der Waals surface area contributed by atoms with Gasteiger partial charge >= 0.3 is 0 Å². The number of aromatic nitrogens is 2. The lowest BCUT2D eigenvalue weighted by atomic mass is 10.0. The highest BCUT2D eigenvalue weighted by Crippen LogP contribution is 2.31. The molecule has 4 aromatic rings. The molecule has 41 heavy (non-hydrogen) atoms. The third-order valence-electron chi connectivity index (χ3n) is 6.45. The first-order valence-corrected chi connectivity index (χ1v) is 15.7. The fraction of sp³-hybridized carbons (Fsp3) is 0.200. The first-order chi connectivity index (χ1) is 19.7. The molecule has 2 amide bonds. The summed E-state index contributed by atoms with van der Waals surface area (Å²) in [5, 5.41) is 4.99. The van der Waals surface area contributed by atoms with Crippen molar-refractivity contribution in [2.24, 2.45) is 0 Å². The SMILES string of the molecule is Cc1cccnc1-c1cc(Oc2ccc(S(C)(=O)=O)cc2)cc(C(=O)Nc2nc(CC(=O)N3CC=CCC3)cs2)c1. The lowest BCUT2D eigenvalue weighted by Crippen LogP contribution is -2.34. The van der Waals surface area contributed by atoms with Crippen LogP contribution in [0.3, 0.4) is 0 Å². The van der Waals surface area contributed by atoms with Crippen LogP contribution in [0.15, 0.2) is 83.2 Å². The Labute approximate surface area is 242 Å². The molecule has 2 aromatic carbocycles. The van der Waals surface area contributed by atoms with Crippen LogP contribution in [-0.2, 0) is 21.1 Å². The first-order valence-electron chi connectivity index (χ1n) is 12.9. The van der Waals surface area contributed by atoms with Crippen LogP contribution in [0.25, 0.3) is 11.3 Å². The van der Waals surface area contributed by atoms with Crippen molar-refractivity contribution < 1.29 is 22.7 Å². The molecule has 0 saturated heterocycles. The number of ether oxygens (including phenoxy) is 1. The lowest BCUT2D eigenvalue weighted by molar-refractivity contribution is -0.130. The van der Waals surface area contributed by atoms with Gasteiger partial charge in [-0.3, -0.25) is 19.9 Å². The summed E-state index contributed by atoms with van der Waals surface area (Å²) in [4.78, 5) is 36.9. The number of hydrogen-bond acceptors (Lipinski definition) is 8. The zero-order valence-electron chi connectivity index (χ0n) is 22.5. The standard InChI is InChI=1S/C30H28N4O5S2/c1-20-7-6-12-31-28(20)21-15-22(17-25(16-21)39-24-8-10-26(11-9-24)41(2,37)38)29(36)33-30-32-23(19-40-30)18-27(35)34-13-4-3-5-14-34/h3-4,6-12,15-17,19H,5,13-14,18H2,1-2H3,(H,32,33,36). The van der Waals surface area contributed by atoms with E-state index in [2.05, 4.69) is 21.4 Å². The van der Waals surface area contributed by atoms with Gasteiger partial charge < -0.3 is 9.64 Å². The number of benzene rings is 2. The molecule has 0 bridgehead atoms. The second kappa shape index (κ2) is 12.0. The minimum Gasteiger partial charge on any atom is -0.457 e. The zero-order chi connectivity index (χ0) is 29.0. The zero-order valence-corrected chi connectivity index (χ0v) is 24.2. The van der Waals surface area contributed by atoms with Gasteiger partial charge in [0.25, 0.3) is 5.91 Å². The predicted octanol–water partition coefficient (Wildman–Crippen LogP) is 5.29. The summed E-state index contributed by atoms with van der Waals surface area (Å²) in [7, 11) is -3.34. The van der Waals surface area contributed by atoms with E-state index in [1.54, 1.807) is 46.8 Å². The Morgan fingerprint density at radius 1 is 1.07 bits per heavy atom. The molecule has 210 valence electrons. The Morgan fingerprint density at radius 3 is 2.59 bits per heavy atom. The summed E-state index contributed by atoms with van der Waals surface area (Å²) in [6.07, 6.45) is 7.89. The van der Waals surface area contributed by atoms with Crippen LogP contribution in [0.4, 0.5) is 5.13 Å². The third kappa shape index (κ3) is 7.05. The van der Waals surface area contributed by atoms with E-state index in [-0.39, 0.29) is 17.2 Å². The Balaban J connectivity index is 1.38. The van der Waals surface area contributed by atoms with Crippen molar-refractivity contribution in [1.82, 2.24) is 14.9 Å². The number of nitrogens with one attached hydrogen (secondary N) is 1. The number of amides is 2. The number of hydrogen-bond donors (Lipinski definition) is 1. The summed E-state index contributed by atoms with van der Waals surface area (Å²) in [6.45, 7) is 3.23. The number of pyridine rings is 1. The molecule has 1 N–H and O–H groups in total.